The first-order valence-electron chi connectivity index (χ1n) is 10.7. The lowest BCUT2D eigenvalue weighted by molar-refractivity contribution is -0.124. The number of carbonyl (C=O) groups is 3. The van der Waals surface area contributed by atoms with E-state index < -0.39 is 18.0 Å². The lowest BCUT2D eigenvalue weighted by Gasteiger charge is -2.22. The first kappa shape index (κ1) is 23.0. The van der Waals surface area contributed by atoms with Crippen LogP contribution in [0.1, 0.15) is 16.1 Å². The first-order valence-corrected chi connectivity index (χ1v) is 10.7. The van der Waals surface area contributed by atoms with E-state index in [2.05, 4.69) is 26.6 Å². The number of aromatic amines is 1. The van der Waals surface area contributed by atoms with Crippen LogP contribution >= 0.6 is 0 Å². The highest BCUT2D eigenvalue weighted by atomic mass is 16.5. The number of nitrogens with one attached hydrogen (secondary N) is 3. The minimum absolute atomic E-state index is 0.0106. The van der Waals surface area contributed by atoms with E-state index in [9.17, 15) is 19.2 Å². The van der Waals surface area contributed by atoms with E-state index in [1.165, 1.54) is 24.9 Å². The fourth-order valence-electron chi connectivity index (χ4n) is 3.86. The maximum atomic E-state index is 12.9. The van der Waals surface area contributed by atoms with Crippen molar-refractivity contribution in [2.24, 2.45) is 12.1 Å². The van der Waals surface area contributed by atoms with Crippen LogP contribution in [0.5, 0.6) is 0 Å². The molecule has 12 nitrogen and oxygen atoms in total. The summed E-state index contributed by atoms with van der Waals surface area (Å²) in [5.74, 6) is -1.12. The Morgan fingerprint density at radius 2 is 1.73 bits per heavy atom. The Balaban J connectivity index is 1.59. The smallest absolute Gasteiger partial charge is 0.283 e. The number of hydrogen-bond acceptors (Lipinski definition) is 9. The van der Waals surface area contributed by atoms with Crippen LogP contribution in [0, 0.1) is 0 Å². The number of ether oxygens (including phenoxy) is 2. The third-order valence-electron chi connectivity index (χ3n) is 5.65. The number of hydrazone groups is 1. The molecule has 1 amide bonds. The predicted molar refractivity (Wildman–Crippen MR) is 116 cm³/mol. The Kier molecular flexibility index (Phi) is 6.82. The fourth-order valence-corrected chi connectivity index (χ4v) is 3.86. The summed E-state index contributed by atoms with van der Waals surface area (Å²) in [6, 6.07) is -1.15. The second kappa shape index (κ2) is 9.77. The van der Waals surface area contributed by atoms with Crippen molar-refractivity contribution in [3.8, 4) is 0 Å². The summed E-state index contributed by atoms with van der Waals surface area (Å²) in [6.07, 6.45) is 1.50. The number of morpholine rings is 2. The van der Waals surface area contributed by atoms with Crippen LogP contribution < -0.4 is 16.2 Å². The summed E-state index contributed by atoms with van der Waals surface area (Å²) in [6.45, 7) is 2.50. The lowest BCUT2D eigenvalue weighted by atomic mass is 10.0. The largest absolute Gasteiger partial charge is 0.378 e. The van der Waals surface area contributed by atoms with E-state index >= 15 is 0 Å². The van der Waals surface area contributed by atoms with Gasteiger partial charge in [0.2, 0.25) is 5.78 Å². The van der Waals surface area contributed by atoms with Gasteiger partial charge in [-0.1, -0.05) is 0 Å². The SMILES string of the molecule is CN1N=C(C(=O)C2COCCN2)C(=C=CCc2c(C(=O)C3COCCN3)[nH]n(C)c2=O)C1=O. The third kappa shape index (κ3) is 4.65. The summed E-state index contributed by atoms with van der Waals surface area (Å²) < 4.78 is 11.9. The second-order valence-corrected chi connectivity index (χ2v) is 7.93. The van der Waals surface area contributed by atoms with Crippen molar-refractivity contribution in [2.45, 2.75) is 18.5 Å². The van der Waals surface area contributed by atoms with E-state index in [0.717, 1.165) is 5.01 Å². The molecule has 1 aromatic rings. The average molecular weight is 458 g/mol. The molecular formula is C21H26N6O6. The third-order valence-corrected chi connectivity index (χ3v) is 5.65. The predicted octanol–water partition coefficient (Wildman–Crippen LogP) is -2.11. The van der Waals surface area contributed by atoms with E-state index in [0.29, 0.717) is 26.3 Å². The number of aromatic nitrogens is 2. The normalized spacial score (nSPS) is 23.3. The minimum Gasteiger partial charge on any atom is -0.378 e. The van der Waals surface area contributed by atoms with Crippen LogP contribution in [-0.2, 0) is 32.5 Å². The maximum Gasteiger partial charge on any atom is 0.283 e. The number of rotatable bonds is 6. The summed E-state index contributed by atoms with van der Waals surface area (Å²) in [5, 5.41) is 14.1. The van der Waals surface area contributed by atoms with Gasteiger partial charge in [-0.05, 0) is 6.08 Å². The Morgan fingerprint density at radius 3 is 2.33 bits per heavy atom. The molecule has 33 heavy (non-hydrogen) atoms. The number of ketones is 2. The molecule has 0 aliphatic carbocycles. The number of carbonyl (C=O) groups excluding carboxylic acids is 3. The Labute approximate surface area is 189 Å². The van der Waals surface area contributed by atoms with Gasteiger partial charge in [0.15, 0.2) is 5.78 Å². The van der Waals surface area contributed by atoms with Crippen molar-refractivity contribution in [1.29, 1.82) is 0 Å². The topological polar surface area (TPSA) is 147 Å². The van der Waals surface area contributed by atoms with Crippen molar-refractivity contribution >= 4 is 23.2 Å². The highest BCUT2D eigenvalue weighted by Gasteiger charge is 2.36. The van der Waals surface area contributed by atoms with E-state index in [-0.39, 0.29) is 59.3 Å². The molecule has 0 aromatic carbocycles. The van der Waals surface area contributed by atoms with Gasteiger partial charge in [0.05, 0.1) is 44.1 Å². The van der Waals surface area contributed by atoms with Gasteiger partial charge in [-0.3, -0.25) is 29.0 Å². The molecule has 176 valence electrons. The summed E-state index contributed by atoms with van der Waals surface area (Å²) in [7, 11) is 2.97. The summed E-state index contributed by atoms with van der Waals surface area (Å²) >= 11 is 0. The molecule has 3 aliphatic heterocycles. The highest BCUT2D eigenvalue weighted by Crippen LogP contribution is 2.15. The van der Waals surface area contributed by atoms with E-state index in [1.54, 1.807) is 0 Å². The Morgan fingerprint density at radius 1 is 1.09 bits per heavy atom. The molecule has 0 radical (unpaired) electrons. The quantitative estimate of drug-likeness (QED) is 0.249. The molecule has 3 N–H and O–H groups in total. The Hall–Kier alpha value is -3.15. The van der Waals surface area contributed by atoms with Crippen LogP contribution in [0.25, 0.3) is 0 Å². The molecule has 0 saturated carbocycles. The zero-order chi connectivity index (χ0) is 23.5. The number of amides is 1. The van der Waals surface area contributed by atoms with Gasteiger partial charge in [-0.15, -0.1) is 5.73 Å². The van der Waals surface area contributed by atoms with Crippen LogP contribution in [-0.4, -0.2) is 96.6 Å². The zero-order valence-electron chi connectivity index (χ0n) is 18.5. The van der Waals surface area contributed by atoms with Gasteiger partial charge >= 0.3 is 0 Å². The van der Waals surface area contributed by atoms with Crippen molar-refractivity contribution in [1.82, 2.24) is 25.4 Å². The van der Waals surface area contributed by atoms with Crippen molar-refractivity contribution in [3.05, 3.63) is 39.0 Å². The molecule has 2 saturated heterocycles. The highest BCUT2D eigenvalue weighted by molar-refractivity contribution is 6.54. The molecule has 0 bridgehead atoms. The molecule has 4 rings (SSSR count). The molecule has 2 unspecified atom stereocenters. The standard InChI is InChI=1S/C21H26N6O6/c1-26-20(30)12(16(24-26)18(28)14-10-32-8-6-22-14)4-3-5-13-17(25-27(2)21(13)31)19(29)15-11-33-9-7-23-15/h3,14-15,22-24H,4,6-11H2,1-2H3. The lowest BCUT2D eigenvalue weighted by Crippen LogP contribution is -2.49. The summed E-state index contributed by atoms with van der Waals surface area (Å²) in [5.41, 5.74) is 2.89. The van der Waals surface area contributed by atoms with Gasteiger partial charge in [0.1, 0.15) is 17.0 Å². The number of hydrogen-bond donors (Lipinski definition) is 3. The van der Waals surface area contributed by atoms with Gasteiger partial charge in [-0.25, -0.2) is 5.01 Å². The zero-order valence-corrected chi connectivity index (χ0v) is 18.5. The van der Waals surface area contributed by atoms with Crippen LogP contribution in [0.2, 0.25) is 0 Å². The number of H-pyrrole nitrogens is 1. The number of nitrogens with zero attached hydrogens (tertiary/aromatic N) is 3. The monoisotopic (exact) mass is 458 g/mol. The van der Waals surface area contributed by atoms with Crippen LogP contribution in [0.3, 0.4) is 0 Å². The molecule has 2 atom stereocenters. The number of Topliss-reactive ketones (excluding diaryl/α,β-unsaturated/α-hetero) is 2. The van der Waals surface area contributed by atoms with Crippen molar-refractivity contribution in [3.63, 3.8) is 0 Å². The van der Waals surface area contributed by atoms with Gasteiger partial charge in [0, 0.05) is 33.6 Å². The second-order valence-electron chi connectivity index (χ2n) is 7.93. The minimum atomic E-state index is -0.597. The molecule has 2 fully saturated rings. The maximum absolute atomic E-state index is 12.9. The van der Waals surface area contributed by atoms with E-state index in [1.807, 2.05) is 0 Å². The Bertz CT molecular complexity index is 1110. The molecule has 1 aromatic heterocycles. The molecule has 12 heteroatoms. The van der Waals surface area contributed by atoms with Crippen LogP contribution in [0.4, 0.5) is 0 Å². The summed E-state index contributed by atoms with van der Waals surface area (Å²) in [4.78, 5) is 50.9. The van der Waals surface area contributed by atoms with Gasteiger partial charge in [-0.2, -0.15) is 5.10 Å². The molecular weight excluding hydrogens is 432 g/mol. The molecule has 0 spiro atoms. The first-order chi connectivity index (χ1) is 15.9. The van der Waals surface area contributed by atoms with Crippen molar-refractivity contribution in [2.75, 3.05) is 46.6 Å². The average Bonchev–Trinajstić information content (AvgIpc) is 3.29. The van der Waals surface area contributed by atoms with Crippen LogP contribution in [0.15, 0.2) is 27.3 Å². The van der Waals surface area contributed by atoms with Gasteiger partial charge < -0.3 is 20.1 Å². The number of aryl methyl sites for hydroxylation is 1. The molecule has 3 aliphatic rings. The van der Waals surface area contributed by atoms with E-state index in [4.69, 9.17) is 9.47 Å². The van der Waals surface area contributed by atoms with Gasteiger partial charge in [0.25, 0.3) is 11.5 Å². The number of likely N-dealkylation sites (N-methyl/N-ethyl adjacent to an activating group) is 1. The molecule has 4 heterocycles. The fraction of sp³-hybridized carbons (Fsp3) is 0.524. The van der Waals surface area contributed by atoms with Crippen molar-refractivity contribution < 1.29 is 23.9 Å².